The molecule has 0 heterocycles. The molecule has 0 aliphatic heterocycles. The molecule has 4 nitrogen and oxygen atoms in total. The van der Waals surface area contributed by atoms with E-state index in [1.807, 2.05) is 0 Å². The van der Waals surface area contributed by atoms with Gasteiger partial charge < -0.3 is 10.2 Å². The SMILES string of the molecule is O=C(O)C=CC(=O)O.[Cu]. The molecule has 9 heavy (non-hydrogen) atoms. The van der Waals surface area contributed by atoms with Gasteiger partial charge in [-0.1, -0.05) is 0 Å². The number of rotatable bonds is 2. The van der Waals surface area contributed by atoms with Crippen LogP contribution in [0.1, 0.15) is 0 Å². The molecule has 55 valence electrons. The zero-order chi connectivity index (χ0) is 6.57. The summed E-state index contributed by atoms with van der Waals surface area (Å²) in [5.41, 5.74) is 0. The van der Waals surface area contributed by atoms with E-state index in [0.717, 1.165) is 0 Å². The molecule has 0 atom stereocenters. The number of hydrogen-bond donors (Lipinski definition) is 2. The minimum Gasteiger partial charge on any atom is -0.478 e. The first-order valence-electron chi connectivity index (χ1n) is 1.77. The molecule has 5 heteroatoms. The number of carbonyl (C=O) groups is 2. The summed E-state index contributed by atoms with van der Waals surface area (Å²) >= 11 is 0. The van der Waals surface area contributed by atoms with Crippen molar-refractivity contribution < 1.29 is 36.9 Å². The molecule has 0 aliphatic rings. The van der Waals surface area contributed by atoms with Gasteiger partial charge in [-0.2, -0.15) is 0 Å². The van der Waals surface area contributed by atoms with Crippen LogP contribution in [0.25, 0.3) is 0 Å². The third-order valence-electron chi connectivity index (χ3n) is 0.368. The first-order valence-corrected chi connectivity index (χ1v) is 1.77. The Labute approximate surface area is 61.7 Å². The van der Waals surface area contributed by atoms with Crippen LogP contribution >= 0.6 is 0 Å². The van der Waals surface area contributed by atoms with E-state index in [1.54, 1.807) is 0 Å². The largest absolute Gasteiger partial charge is 0.478 e. The first kappa shape index (κ1) is 11.1. The van der Waals surface area contributed by atoms with Crippen molar-refractivity contribution in [2.75, 3.05) is 0 Å². The average molecular weight is 180 g/mol. The van der Waals surface area contributed by atoms with Crippen LogP contribution < -0.4 is 0 Å². The van der Waals surface area contributed by atoms with Gasteiger partial charge in [0.1, 0.15) is 0 Å². The Morgan fingerprint density at radius 1 is 1.00 bits per heavy atom. The Balaban J connectivity index is 0. The van der Waals surface area contributed by atoms with E-state index < -0.39 is 11.9 Å². The van der Waals surface area contributed by atoms with E-state index in [0.29, 0.717) is 12.2 Å². The zero-order valence-electron chi connectivity index (χ0n) is 4.17. The molecule has 1 radical (unpaired) electrons. The molecule has 0 aromatic heterocycles. The Morgan fingerprint density at radius 2 is 1.22 bits per heavy atom. The Hall–Kier alpha value is -0.801. The van der Waals surface area contributed by atoms with Crippen molar-refractivity contribution >= 4 is 11.9 Å². The van der Waals surface area contributed by atoms with Crippen molar-refractivity contribution in [2.24, 2.45) is 0 Å². The molecule has 0 aromatic rings. The fraction of sp³-hybridized carbons (Fsp3) is 0. The third-order valence-corrected chi connectivity index (χ3v) is 0.368. The van der Waals surface area contributed by atoms with E-state index in [1.165, 1.54) is 0 Å². The molecule has 2 N–H and O–H groups in total. The van der Waals surface area contributed by atoms with Gasteiger partial charge in [0.15, 0.2) is 0 Å². The van der Waals surface area contributed by atoms with Crippen LogP contribution in [0, 0.1) is 0 Å². The summed E-state index contributed by atoms with van der Waals surface area (Å²) in [5.74, 6) is -2.51. The molecule has 0 aromatic carbocycles. The van der Waals surface area contributed by atoms with Gasteiger partial charge in [0, 0.05) is 29.2 Å². The number of hydrogen-bond acceptors (Lipinski definition) is 2. The van der Waals surface area contributed by atoms with Crippen LogP contribution in [0.15, 0.2) is 12.2 Å². The van der Waals surface area contributed by atoms with Crippen LogP contribution in [0.4, 0.5) is 0 Å². The second-order valence-electron chi connectivity index (χ2n) is 1.01. The minimum atomic E-state index is -1.26. The Morgan fingerprint density at radius 3 is 1.33 bits per heavy atom. The molecule has 0 saturated heterocycles. The van der Waals surface area contributed by atoms with E-state index in [-0.39, 0.29) is 17.1 Å². The summed E-state index contributed by atoms with van der Waals surface area (Å²) < 4.78 is 0. The fourth-order valence-corrected chi connectivity index (χ4v) is 0.143. The van der Waals surface area contributed by atoms with Crippen LogP contribution in [-0.4, -0.2) is 22.2 Å². The average Bonchev–Trinajstić information content (AvgIpc) is 1.61. The summed E-state index contributed by atoms with van der Waals surface area (Å²) in [5, 5.41) is 15.6. The van der Waals surface area contributed by atoms with E-state index in [4.69, 9.17) is 10.2 Å². The monoisotopic (exact) mass is 179 g/mol. The molecule has 0 fully saturated rings. The number of aliphatic carboxylic acids is 2. The standard InChI is InChI=1S/C4H4O4.Cu/c5-3(6)1-2-4(7)8;/h1-2H,(H,5,6)(H,7,8);. The Kier molecular flexibility index (Phi) is 6.56. The predicted octanol–water partition coefficient (Wildman–Crippen LogP) is -0.291. The molecule has 0 amide bonds. The number of carboxylic acid groups (broad SMARTS) is 2. The molecule has 0 spiro atoms. The Bertz CT molecular complexity index is 124. The summed E-state index contributed by atoms with van der Waals surface area (Å²) in [7, 11) is 0. The van der Waals surface area contributed by atoms with E-state index >= 15 is 0 Å². The van der Waals surface area contributed by atoms with Crippen molar-refractivity contribution in [3.05, 3.63) is 12.2 Å². The van der Waals surface area contributed by atoms with Gasteiger partial charge in [0.25, 0.3) is 0 Å². The first-order chi connectivity index (χ1) is 3.63. The van der Waals surface area contributed by atoms with Gasteiger partial charge in [-0.15, -0.1) is 0 Å². The fourth-order valence-electron chi connectivity index (χ4n) is 0.143. The van der Waals surface area contributed by atoms with Gasteiger partial charge in [-0.25, -0.2) is 9.59 Å². The molecule has 0 aliphatic carbocycles. The summed E-state index contributed by atoms with van der Waals surface area (Å²) in [6.45, 7) is 0. The minimum absolute atomic E-state index is 0. The van der Waals surface area contributed by atoms with E-state index in [2.05, 4.69) is 0 Å². The van der Waals surface area contributed by atoms with Crippen LogP contribution in [0.5, 0.6) is 0 Å². The van der Waals surface area contributed by atoms with E-state index in [9.17, 15) is 9.59 Å². The molecular formula is C4H4CuO4. The topological polar surface area (TPSA) is 74.6 Å². The summed E-state index contributed by atoms with van der Waals surface area (Å²) in [6, 6.07) is 0. The third kappa shape index (κ3) is 11.0. The van der Waals surface area contributed by atoms with Crippen LogP contribution in [0.3, 0.4) is 0 Å². The van der Waals surface area contributed by atoms with Gasteiger partial charge >= 0.3 is 11.9 Å². The van der Waals surface area contributed by atoms with Crippen LogP contribution in [-0.2, 0) is 26.7 Å². The van der Waals surface area contributed by atoms with Crippen molar-refractivity contribution in [3.63, 3.8) is 0 Å². The van der Waals surface area contributed by atoms with Gasteiger partial charge in [-0.3, -0.25) is 0 Å². The maximum atomic E-state index is 9.55. The summed E-state index contributed by atoms with van der Waals surface area (Å²) in [4.78, 5) is 19.1. The van der Waals surface area contributed by atoms with Gasteiger partial charge in [0.2, 0.25) is 0 Å². The normalized spacial score (nSPS) is 8.44. The molecule has 0 unspecified atom stereocenters. The van der Waals surface area contributed by atoms with Crippen LogP contribution in [0.2, 0.25) is 0 Å². The van der Waals surface area contributed by atoms with Gasteiger partial charge in [0.05, 0.1) is 0 Å². The maximum absolute atomic E-state index is 9.55. The molecular weight excluding hydrogens is 176 g/mol. The van der Waals surface area contributed by atoms with Gasteiger partial charge in [-0.05, 0) is 0 Å². The second kappa shape index (κ2) is 5.34. The zero-order valence-corrected chi connectivity index (χ0v) is 5.11. The molecule has 0 rings (SSSR count). The number of carboxylic acids is 2. The molecule has 0 bridgehead atoms. The van der Waals surface area contributed by atoms with Crippen molar-refractivity contribution in [1.29, 1.82) is 0 Å². The molecule has 0 saturated carbocycles. The van der Waals surface area contributed by atoms with Crippen molar-refractivity contribution in [3.8, 4) is 0 Å². The smallest absolute Gasteiger partial charge is 0.328 e. The quantitative estimate of drug-likeness (QED) is 0.451. The second-order valence-corrected chi connectivity index (χ2v) is 1.01. The van der Waals surface area contributed by atoms with Crippen molar-refractivity contribution in [1.82, 2.24) is 0 Å². The summed E-state index contributed by atoms with van der Waals surface area (Å²) in [6.07, 6.45) is 1.12. The van der Waals surface area contributed by atoms with Crippen molar-refractivity contribution in [2.45, 2.75) is 0 Å². The predicted molar refractivity (Wildman–Crippen MR) is 24.4 cm³/mol. The maximum Gasteiger partial charge on any atom is 0.328 e.